The fourth-order valence-corrected chi connectivity index (χ4v) is 4.99. The number of hydrogen-bond donors (Lipinski definition) is 2. The van der Waals surface area contributed by atoms with Crippen LogP contribution in [0.15, 0.2) is 43.0 Å². The number of benzene rings is 1. The predicted octanol–water partition coefficient (Wildman–Crippen LogP) is 2.72. The van der Waals surface area contributed by atoms with Gasteiger partial charge in [0.05, 0.1) is 5.92 Å². The van der Waals surface area contributed by atoms with E-state index in [1.165, 1.54) is 5.56 Å². The van der Waals surface area contributed by atoms with Gasteiger partial charge in [0, 0.05) is 36.6 Å². The summed E-state index contributed by atoms with van der Waals surface area (Å²) in [6.45, 7) is 4.78. The standard InChI is InChI=1S/C21H27N3O2S2/c1-2-11-24-20(26)17-9-8-16(13-18(17)23-21(24)27)19(25)22-10-12-28-14-15-6-4-3-5-7-15/h2-7,16-18H,1,8-14H2,(H,22,25)(H,23,27). The van der Waals surface area contributed by atoms with E-state index in [1.807, 2.05) is 30.0 Å². The molecule has 1 heterocycles. The first-order valence-electron chi connectivity index (χ1n) is 9.72. The number of carbonyl (C=O) groups excluding carboxylic acids is 2. The molecule has 1 saturated heterocycles. The molecule has 0 radical (unpaired) electrons. The van der Waals surface area contributed by atoms with Crippen LogP contribution in [0.4, 0.5) is 0 Å². The van der Waals surface area contributed by atoms with Gasteiger partial charge in [-0.2, -0.15) is 11.8 Å². The van der Waals surface area contributed by atoms with Crippen LogP contribution in [0.1, 0.15) is 24.8 Å². The van der Waals surface area contributed by atoms with Crippen LogP contribution in [0.2, 0.25) is 0 Å². The molecule has 1 aliphatic carbocycles. The maximum absolute atomic E-state index is 12.6. The summed E-state index contributed by atoms with van der Waals surface area (Å²) >= 11 is 7.14. The number of nitrogens with one attached hydrogen (secondary N) is 2. The molecular formula is C21H27N3O2S2. The summed E-state index contributed by atoms with van der Waals surface area (Å²) in [5.74, 6) is 1.83. The van der Waals surface area contributed by atoms with Crippen molar-refractivity contribution in [3.63, 3.8) is 0 Å². The second-order valence-electron chi connectivity index (χ2n) is 7.24. The van der Waals surface area contributed by atoms with Crippen molar-refractivity contribution < 1.29 is 9.59 Å². The third-order valence-electron chi connectivity index (χ3n) is 5.33. The molecule has 0 spiro atoms. The highest BCUT2D eigenvalue weighted by Crippen LogP contribution is 2.33. The molecule has 0 bridgehead atoms. The lowest BCUT2D eigenvalue weighted by molar-refractivity contribution is -0.137. The van der Waals surface area contributed by atoms with Crippen LogP contribution in [0.3, 0.4) is 0 Å². The van der Waals surface area contributed by atoms with E-state index in [0.29, 0.717) is 31.0 Å². The number of carbonyl (C=O) groups is 2. The third kappa shape index (κ3) is 5.14. The predicted molar refractivity (Wildman–Crippen MR) is 118 cm³/mol. The Morgan fingerprint density at radius 1 is 1.36 bits per heavy atom. The van der Waals surface area contributed by atoms with Gasteiger partial charge >= 0.3 is 0 Å². The third-order valence-corrected chi connectivity index (χ3v) is 6.70. The Morgan fingerprint density at radius 2 is 2.14 bits per heavy atom. The Balaban J connectivity index is 1.41. The van der Waals surface area contributed by atoms with E-state index in [1.54, 1.807) is 11.0 Å². The molecule has 7 heteroatoms. The zero-order chi connectivity index (χ0) is 19.9. The van der Waals surface area contributed by atoms with Crippen molar-refractivity contribution in [2.75, 3.05) is 18.8 Å². The van der Waals surface area contributed by atoms with Crippen molar-refractivity contribution in [2.24, 2.45) is 11.8 Å². The molecule has 150 valence electrons. The first-order chi connectivity index (χ1) is 13.6. The molecule has 2 fully saturated rings. The van der Waals surface area contributed by atoms with Gasteiger partial charge < -0.3 is 10.6 Å². The van der Waals surface area contributed by atoms with Gasteiger partial charge in [0.1, 0.15) is 0 Å². The summed E-state index contributed by atoms with van der Waals surface area (Å²) in [7, 11) is 0. The molecule has 2 aliphatic rings. The van der Waals surface area contributed by atoms with Gasteiger partial charge in [-0.1, -0.05) is 36.4 Å². The lowest BCUT2D eigenvalue weighted by Crippen LogP contribution is -2.61. The SMILES string of the molecule is C=CCN1C(=O)C2CCC(C(=O)NCCSCc3ccccc3)CC2NC1=S. The van der Waals surface area contributed by atoms with Crippen LogP contribution in [0, 0.1) is 11.8 Å². The monoisotopic (exact) mass is 417 g/mol. The molecule has 2 amide bonds. The molecule has 3 unspecified atom stereocenters. The maximum Gasteiger partial charge on any atom is 0.234 e. The van der Waals surface area contributed by atoms with Gasteiger partial charge in [0.15, 0.2) is 5.11 Å². The fraction of sp³-hybridized carbons (Fsp3) is 0.476. The maximum atomic E-state index is 12.6. The zero-order valence-electron chi connectivity index (χ0n) is 15.9. The van der Waals surface area contributed by atoms with E-state index < -0.39 is 0 Å². The number of amides is 2. The smallest absolute Gasteiger partial charge is 0.234 e. The summed E-state index contributed by atoms with van der Waals surface area (Å²) in [6, 6.07) is 10.3. The van der Waals surface area contributed by atoms with Crippen LogP contribution in [-0.4, -0.2) is 46.7 Å². The number of thioether (sulfide) groups is 1. The van der Waals surface area contributed by atoms with E-state index in [9.17, 15) is 9.59 Å². The van der Waals surface area contributed by atoms with Crippen molar-refractivity contribution >= 4 is 40.9 Å². The topological polar surface area (TPSA) is 61.4 Å². The summed E-state index contributed by atoms with van der Waals surface area (Å²) in [5.41, 5.74) is 1.30. The number of fused-ring (bicyclic) bond motifs is 1. The van der Waals surface area contributed by atoms with Crippen LogP contribution in [0.5, 0.6) is 0 Å². The largest absolute Gasteiger partial charge is 0.359 e. The highest BCUT2D eigenvalue weighted by molar-refractivity contribution is 7.98. The molecule has 0 aromatic heterocycles. The van der Waals surface area contributed by atoms with Crippen molar-refractivity contribution in [3.05, 3.63) is 48.6 Å². The Hall–Kier alpha value is -1.86. The quantitative estimate of drug-likeness (QED) is 0.387. The average Bonchev–Trinajstić information content (AvgIpc) is 2.71. The number of rotatable bonds is 8. The molecule has 5 nitrogen and oxygen atoms in total. The van der Waals surface area contributed by atoms with E-state index >= 15 is 0 Å². The van der Waals surface area contributed by atoms with Gasteiger partial charge in [-0.3, -0.25) is 14.5 Å². The molecule has 1 aliphatic heterocycles. The van der Waals surface area contributed by atoms with Crippen LogP contribution in [0.25, 0.3) is 0 Å². The van der Waals surface area contributed by atoms with Crippen molar-refractivity contribution in [2.45, 2.75) is 31.1 Å². The van der Waals surface area contributed by atoms with E-state index in [0.717, 1.165) is 17.9 Å². The molecule has 1 saturated carbocycles. The first-order valence-corrected chi connectivity index (χ1v) is 11.3. The normalized spacial score (nSPS) is 24.3. The molecule has 3 rings (SSSR count). The second kappa shape index (κ2) is 10.1. The molecule has 1 aromatic carbocycles. The number of hydrogen-bond acceptors (Lipinski definition) is 4. The molecule has 2 N–H and O–H groups in total. The van der Waals surface area contributed by atoms with Crippen molar-refractivity contribution in [1.82, 2.24) is 15.5 Å². The summed E-state index contributed by atoms with van der Waals surface area (Å²) in [6.07, 6.45) is 3.79. The van der Waals surface area contributed by atoms with Gasteiger partial charge in [-0.15, -0.1) is 6.58 Å². The second-order valence-corrected chi connectivity index (χ2v) is 8.73. The van der Waals surface area contributed by atoms with Crippen LogP contribution >= 0.6 is 24.0 Å². The first kappa shape index (κ1) is 20.9. The lowest BCUT2D eigenvalue weighted by atomic mass is 9.76. The van der Waals surface area contributed by atoms with Gasteiger partial charge in [-0.25, -0.2) is 0 Å². The van der Waals surface area contributed by atoms with Crippen molar-refractivity contribution in [3.8, 4) is 0 Å². The van der Waals surface area contributed by atoms with Crippen LogP contribution < -0.4 is 10.6 Å². The summed E-state index contributed by atoms with van der Waals surface area (Å²) in [4.78, 5) is 26.8. The van der Waals surface area contributed by atoms with Gasteiger partial charge in [0.2, 0.25) is 11.8 Å². The summed E-state index contributed by atoms with van der Waals surface area (Å²) < 4.78 is 0. The lowest BCUT2D eigenvalue weighted by Gasteiger charge is -2.43. The Bertz CT molecular complexity index is 726. The minimum Gasteiger partial charge on any atom is -0.359 e. The minimum atomic E-state index is -0.0999. The fourth-order valence-electron chi connectivity index (χ4n) is 3.86. The number of nitrogens with zero attached hydrogens (tertiary/aromatic N) is 1. The molecule has 28 heavy (non-hydrogen) atoms. The van der Waals surface area contributed by atoms with Gasteiger partial charge in [-0.05, 0) is 37.0 Å². The highest BCUT2D eigenvalue weighted by Gasteiger charge is 2.43. The summed E-state index contributed by atoms with van der Waals surface area (Å²) in [5, 5.41) is 6.77. The van der Waals surface area contributed by atoms with Crippen molar-refractivity contribution in [1.29, 1.82) is 0 Å². The highest BCUT2D eigenvalue weighted by atomic mass is 32.2. The zero-order valence-corrected chi connectivity index (χ0v) is 17.6. The Morgan fingerprint density at radius 3 is 2.89 bits per heavy atom. The Labute approximate surface area is 176 Å². The number of thiocarbonyl (C=S) groups is 1. The van der Waals surface area contributed by atoms with E-state index in [4.69, 9.17) is 12.2 Å². The Kier molecular flexibility index (Phi) is 7.50. The van der Waals surface area contributed by atoms with E-state index in [2.05, 4.69) is 29.3 Å². The van der Waals surface area contributed by atoms with Crippen LogP contribution in [-0.2, 0) is 15.3 Å². The molecule has 3 atom stereocenters. The van der Waals surface area contributed by atoms with Gasteiger partial charge in [0.25, 0.3) is 0 Å². The van der Waals surface area contributed by atoms with E-state index in [-0.39, 0.29) is 29.7 Å². The molecule has 1 aromatic rings. The average molecular weight is 418 g/mol. The molecular weight excluding hydrogens is 390 g/mol. The minimum absolute atomic E-state index is 0.0435.